The van der Waals surface area contributed by atoms with E-state index in [1.807, 2.05) is 54.6 Å². The Morgan fingerprint density at radius 1 is 0.733 bits per heavy atom. The van der Waals surface area contributed by atoms with E-state index in [2.05, 4.69) is 53.8 Å². The van der Waals surface area contributed by atoms with Crippen LogP contribution in [-0.4, -0.2) is 19.1 Å². The van der Waals surface area contributed by atoms with Crippen molar-refractivity contribution in [2.75, 3.05) is 13.2 Å². The average Bonchev–Trinajstić information content (AvgIpc) is 2.81. The molecule has 1 N–H and O–H groups in total. The summed E-state index contributed by atoms with van der Waals surface area (Å²) in [5, 5.41) is 5.12. The number of ether oxygens (including phenoxy) is 1. The summed E-state index contributed by atoms with van der Waals surface area (Å²) in [5.41, 5.74) is 2.51. The quantitative estimate of drug-likeness (QED) is 0.424. The van der Waals surface area contributed by atoms with E-state index in [4.69, 9.17) is 4.74 Å². The van der Waals surface area contributed by atoms with Crippen LogP contribution in [0.15, 0.2) is 103 Å². The highest BCUT2D eigenvalue weighted by molar-refractivity contribution is 5.88. The monoisotopic (exact) mass is 395 g/mol. The number of rotatable bonds is 8. The number of fused-ring (bicyclic) bond motifs is 1. The summed E-state index contributed by atoms with van der Waals surface area (Å²) in [6.45, 7) is 0.599. The molecule has 0 bridgehead atoms. The molecule has 0 radical (unpaired) electrons. The highest BCUT2D eigenvalue weighted by atomic mass is 16.5. The van der Waals surface area contributed by atoms with Gasteiger partial charge < -0.3 is 10.1 Å². The molecule has 0 aliphatic heterocycles. The smallest absolute Gasteiger partial charge is 0.257 e. The van der Waals surface area contributed by atoms with Crippen LogP contribution in [0.3, 0.4) is 0 Å². The Kier molecular flexibility index (Phi) is 6.41. The van der Waals surface area contributed by atoms with E-state index >= 15 is 0 Å². The van der Waals surface area contributed by atoms with Gasteiger partial charge in [-0.25, -0.2) is 0 Å². The summed E-state index contributed by atoms with van der Waals surface area (Å²) in [6, 6.07) is 34.7. The fourth-order valence-corrected chi connectivity index (χ4v) is 3.77. The van der Waals surface area contributed by atoms with Crippen molar-refractivity contribution in [3.63, 3.8) is 0 Å². The van der Waals surface area contributed by atoms with Crippen molar-refractivity contribution in [2.45, 2.75) is 12.3 Å². The van der Waals surface area contributed by atoms with E-state index < -0.39 is 0 Å². The molecule has 0 fully saturated rings. The number of hydrogen-bond acceptors (Lipinski definition) is 2. The van der Waals surface area contributed by atoms with Gasteiger partial charge in [-0.15, -0.1) is 0 Å². The zero-order valence-corrected chi connectivity index (χ0v) is 16.8. The molecule has 0 aliphatic carbocycles. The topological polar surface area (TPSA) is 38.3 Å². The molecule has 0 aromatic heterocycles. The number of carbonyl (C=O) groups is 1. The van der Waals surface area contributed by atoms with Gasteiger partial charge in [-0.2, -0.15) is 0 Å². The Hall–Kier alpha value is -3.59. The van der Waals surface area contributed by atoms with Crippen LogP contribution < -0.4 is 10.1 Å². The molecule has 0 saturated heterocycles. The minimum Gasteiger partial charge on any atom is -0.483 e. The number of hydrogen-bond donors (Lipinski definition) is 1. The molecule has 3 heteroatoms. The van der Waals surface area contributed by atoms with E-state index in [0.29, 0.717) is 6.54 Å². The van der Waals surface area contributed by atoms with Gasteiger partial charge in [0.15, 0.2) is 6.61 Å². The summed E-state index contributed by atoms with van der Waals surface area (Å²) in [6.07, 6.45) is 0.827. The van der Waals surface area contributed by atoms with Crippen molar-refractivity contribution in [1.82, 2.24) is 5.32 Å². The second-order valence-electron chi connectivity index (χ2n) is 7.28. The molecule has 0 atom stereocenters. The number of carbonyl (C=O) groups excluding carboxylic acids is 1. The zero-order chi connectivity index (χ0) is 20.6. The first-order valence-corrected chi connectivity index (χ1v) is 10.3. The third-order valence-corrected chi connectivity index (χ3v) is 5.27. The Bertz CT molecular complexity index is 1050. The maximum Gasteiger partial charge on any atom is 0.257 e. The molecule has 1 amide bonds. The van der Waals surface area contributed by atoms with Gasteiger partial charge in [0.1, 0.15) is 5.75 Å². The lowest BCUT2D eigenvalue weighted by atomic mass is 9.88. The van der Waals surface area contributed by atoms with Crippen LogP contribution >= 0.6 is 0 Å². The largest absolute Gasteiger partial charge is 0.483 e. The third kappa shape index (κ3) is 4.87. The number of nitrogens with one attached hydrogen (secondary N) is 1. The number of amides is 1. The Morgan fingerprint density at radius 2 is 1.33 bits per heavy atom. The van der Waals surface area contributed by atoms with Crippen LogP contribution in [0.5, 0.6) is 5.75 Å². The SMILES string of the molecule is O=C(COc1cccc2ccccc12)NCCC(c1ccccc1)c1ccccc1. The standard InChI is InChI=1S/C27H25NO2/c29-27(20-30-26-17-9-15-23-14-7-8-16-25(23)26)28-19-18-24(21-10-3-1-4-11-21)22-12-5-2-6-13-22/h1-17,24H,18-20H2,(H,28,29). The molecule has 0 heterocycles. The Labute approximate surface area is 177 Å². The van der Waals surface area contributed by atoms with Gasteiger partial charge in [-0.3, -0.25) is 4.79 Å². The summed E-state index contributed by atoms with van der Waals surface area (Å²) >= 11 is 0. The van der Waals surface area contributed by atoms with E-state index in [1.165, 1.54) is 11.1 Å². The van der Waals surface area contributed by atoms with Crippen molar-refractivity contribution >= 4 is 16.7 Å². The highest BCUT2D eigenvalue weighted by Crippen LogP contribution is 2.27. The van der Waals surface area contributed by atoms with Gasteiger partial charge >= 0.3 is 0 Å². The fourth-order valence-electron chi connectivity index (χ4n) is 3.77. The molecule has 0 unspecified atom stereocenters. The van der Waals surface area contributed by atoms with E-state index in [9.17, 15) is 4.79 Å². The summed E-state index contributed by atoms with van der Waals surface area (Å²) in [5.74, 6) is 0.865. The van der Waals surface area contributed by atoms with Crippen LogP contribution in [0, 0.1) is 0 Å². The lowest BCUT2D eigenvalue weighted by Gasteiger charge is -2.18. The fraction of sp³-hybridized carbons (Fsp3) is 0.148. The van der Waals surface area contributed by atoms with Crippen LogP contribution in [-0.2, 0) is 4.79 Å². The van der Waals surface area contributed by atoms with Crippen LogP contribution in [0.4, 0.5) is 0 Å². The van der Waals surface area contributed by atoms with Crippen molar-refractivity contribution in [1.29, 1.82) is 0 Å². The van der Waals surface area contributed by atoms with Gasteiger partial charge in [0, 0.05) is 17.8 Å². The minimum absolute atomic E-state index is 0.00927. The Balaban J connectivity index is 1.35. The maximum atomic E-state index is 12.4. The second-order valence-corrected chi connectivity index (χ2v) is 7.28. The van der Waals surface area contributed by atoms with E-state index in [-0.39, 0.29) is 18.4 Å². The van der Waals surface area contributed by atoms with Crippen molar-refractivity contribution in [3.8, 4) is 5.75 Å². The highest BCUT2D eigenvalue weighted by Gasteiger charge is 2.14. The minimum atomic E-state index is -0.109. The molecular formula is C27H25NO2. The van der Waals surface area contributed by atoms with Crippen LogP contribution in [0.2, 0.25) is 0 Å². The molecule has 4 rings (SSSR count). The molecule has 0 spiro atoms. The molecule has 4 aromatic rings. The normalized spacial score (nSPS) is 10.8. The molecule has 0 saturated carbocycles. The van der Waals surface area contributed by atoms with Crippen LogP contribution in [0.25, 0.3) is 10.8 Å². The summed E-state index contributed by atoms with van der Waals surface area (Å²) < 4.78 is 5.80. The lowest BCUT2D eigenvalue weighted by molar-refractivity contribution is -0.123. The first kappa shape index (κ1) is 19.7. The summed E-state index contributed by atoms with van der Waals surface area (Å²) in [7, 11) is 0. The van der Waals surface area contributed by atoms with Crippen LogP contribution in [0.1, 0.15) is 23.5 Å². The van der Waals surface area contributed by atoms with Gasteiger partial charge in [0.2, 0.25) is 0 Å². The zero-order valence-electron chi connectivity index (χ0n) is 16.8. The lowest BCUT2D eigenvalue weighted by Crippen LogP contribution is -2.30. The predicted molar refractivity (Wildman–Crippen MR) is 122 cm³/mol. The number of benzene rings is 4. The van der Waals surface area contributed by atoms with Crippen molar-refractivity contribution in [3.05, 3.63) is 114 Å². The molecule has 4 aromatic carbocycles. The maximum absolute atomic E-state index is 12.4. The first-order valence-electron chi connectivity index (χ1n) is 10.3. The molecule has 150 valence electrons. The Morgan fingerprint density at radius 3 is 2.03 bits per heavy atom. The van der Waals surface area contributed by atoms with E-state index in [1.54, 1.807) is 0 Å². The average molecular weight is 396 g/mol. The van der Waals surface area contributed by atoms with Crippen molar-refractivity contribution < 1.29 is 9.53 Å². The van der Waals surface area contributed by atoms with Gasteiger partial charge in [-0.1, -0.05) is 97.1 Å². The predicted octanol–water partition coefficient (Wildman–Crippen LogP) is 5.56. The second kappa shape index (κ2) is 9.75. The molecule has 0 aliphatic rings. The van der Waals surface area contributed by atoms with Crippen molar-refractivity contribution in [2.24, 2.45) is 0 Å². The summed E-state index contributed by atoms with van der Waals surface area (Å²) in [4.78, 5) is 12.4. The molecular weight excluding hydrogens is 370 g/mol. The molecule has 30 heavy (non-hydrogen) atoms. The van der Waals surface area contributed by atoms with Gasteiger partial charge in [0.25, 0.3) is 5.91 Å². The first-order chi connectivity index (χ1) is 14.8. The van der Waals surface area contributed by atoms with Gasteiger partial charge in [-0.05, 0) is 29.0 Å². The third-order valence-electron chi connectivity index (χ3n) is 5.27. The molecule has 3 nitrogen and oxygen atoms in total. The van der Waals surface area contributed by atoms with E-state index in [0.717, 1.165) is 22.9 Å². The van der Waals surface area contributed by atoms with Gasteiger partial charge in [0.05, 0.1) is 0 Å².